The van der Waals surface area contributed by atoms with Gasteiger partial charge in [0.15, 0.2) is 0 Å². The summed E-state index contributed by atoms with van der Waals surface area (Å²) in [5, 5.41) is 0.930. The van der Waals surface area contributed by atoms with Gasteiger partial charge in [0.1, 0.15) is 16.4 Å². The summed E-state index contributed by atoms with van der Waals surface area (Å²) < 4.78 is 13.2. The highest BCUT2D eigenvalue weighted by Crippen LogP contribution is 2.34. The van der Waals surface area contributed by atoms with E-state index in [2.05, 4.69) is 57.9 Å². The van der Waals surface area contributed by atoms with E-state index in [4.69, 9.17) is 14.5 Å². The Bertz CT molecular complexity index is 1370. The van der Waals surface area contributed by atoms with E-state index in [0.717, 1.165) is 47.8 Å². The maximum absolute atomic E-state index is 13.0. The third-order valence-electron chi connectivity index (χ3n) is 5.65. The van der Waals surface area contributed by atoms with E-state index in [1.54, 1.807) is 16.2 Å². The Morgan fingerprint density at radius 3 is 2.32 bits per heavy atom. The molecule has 9 heteroatoms. The van der Waals surface area contributed by atoms with Crippen molar-refractivity contribution in [3.8, 4) is 21.7 Å². The summed E-state index contributed by atoms with van der Waals surface area (Å²) >= 11 is 3.88. The molecule has 0 aliphatic rings. The third kappa shape index (κ3) is 7.21. The molecule has 0 saturated heterocycles. The Morgan fingerprint density at radius 2 is 1.68 bits per heavy atom. The molecular weight excluding hydrogens is 611 g/mol. The van der Waals surface area contributed by atoms with Crippen LogP contribution in [-0.4, -0.2) is 59.9 Å². The minimum atomic E-state index is -0.587. The fraction of sp³-hybridized carbons (Fsp3) is 0.345. The van der Waals surface area contributed by atoms with Gasteiger partial charge in [-0.1, -0.05) is 46.9 Å². The van der Waals surface area contributed by atoms with Gasteiger partial charge in [-0.2, -0.15) is 0 Å². The second-order valence-corrected chi connectivity index (χ2v) is 12.1. The van der Waals surface area contributed by atoms with Crippen LogP contribution in [0.3, 0.4) is 0 Å². The SMILES string of the molecule is CN(C)c1ccc(-c2ccc(-c3nc4ccc(N(CCOCCI)C(=O)OC(C)(C)C)cc4s3)cc2)cn1. The monoisotopic (exact) mass is 644 g/mol. The molecule has 0 bridgehead atoms. The van der Waals surface area contributed by atoms with Crippen molar-refractivity contribution in [2.45, 2.75) is 26.4 Å². The van der Waals surface area contributed by atoms with E-state index in [-0.39, 0.29) is 6.09 Å². The normalized spacial score (nSPS) is 11.5. The lowest BCUT2D eigenvalue weighted by atomic mass is 10.1. The molecule has 0 aliphatic carbocycles. The van der Waals surface area contributed by atoms with Gasteiger partial charge in [0.2, 0.25) is 0 Å². The molecule has 38 heavy (non-hydrogen) atoms. The molecule has 0 radical (unpaired) electrons. The summed E-state index contributed by atoms with van der Waals surface area (Å²) in [7, 11) is 3.96. The standard InChI is InChI=1S/C29H33IN4O3S/c1-29(2,3)37-28(35)34(15-17-36-16-14-30)23-11-12-24-25(18-23)38-27(32-24)21-8-6-20(7-9-21)22-10-13-26(31-19-22)33(4)5/h6-13,18-19H,14-17H2,1-5H3. The predicted octanol–water partition coefficient (Wildman–Crippen LogP) is 7.28. The van der Waals surface area contributed by atoms with E-state index in [0.29, 0.717) is 19.8 Å². The van der Waals surface area contributed by atoms with Gasteiger partial charge < -0.3 is 14.4 Å². The maximum atomic E-state index is 13.0. The van der Waals surface area contributed by atoms with Gasteiger partial charge in [0.05, 0.1) is 30.0 Å². The van der Waals surface area contributed by atoms with Crippen molar-refractivity contribution in [1.29, 1.82) is 0 Å². The number of rotatable bonds is 9. The van der Waals surface area contributed by atoms with Crippen LogP contribution < -0.4 is 9.80 Å². The zero-order chi connectivity index (χ0) is 27.3. The maximum Gasteiger partial charge on any atom is 0.414 e. The highest BCUT2D eigenvalue weighted by molar-refractivity contribution is 14.1. The molecule has 7 nitrogen and oxygen atoms in total. The van der Waals surface area contributed by atoms with E-state index in [9.17, 15) is 4.79 Å². The number of hydrogen-bond acceptors (Lipinski definition) is 7. The number of carbonyl (C=O) groups is 1. The molecule has 0 N–H and O–H groups in total. The lowest BCUT2D eigenvalue weighted by molar-refractivity contribution is 0.0563. The van der Waals surface area contributed by atoms with Gasteiger partial charge in [-0.3, -0.25) is 4.90 Å². The molecule has 4 aromatic rings. The number of nitrogens with zero attached hydrogens (tertiary/aromatic N) is 4. The molecule has 2 aromatic heterocycles. The Kier molecular flexibility index (Phi) is 9.22. The van der Waals surface area contributed by atoms with Crippen LogP contribution in [0.5, 0.6) is 0 Å². The summed E-state index contributed by atoms with van der Waals surface area (Å²) in [6.45, 7) is 7.11. The van der Waals surface area contributed by atoms with Crippen molar-refractivity contribution in [3.63, 3.8) is 0 Å². The van der Waals surface area contributed by atoms with Crippen molar-refractivity contribution < 1.29 is 14.3 Å². The van der Waals surface area contributed by atoms with E-state index in [1.165, 1.54) is 0 Å². The Morgan fingerprint density at radius 1 is 0.974 bits per heavy atom. The number of fused-ring (bicyclic) bond motifs is 1. The number of aromatic nitrogens is 2. The first-order chi connectivity index (χ1) is 18.1. The van der Waals surface area contributed by atoms with Crippen LogP contribution in [0.4, 0.5) is 16.3 Å². The number of halogens is 1. The number of carbonyl (C=O) groups excluding carboxylic acids is 1. The van der Waals surface area contributed by atoms with Gasteiger partial charge in [-0.15, -0.1) is 11.3 Å². The highest BCUT2D eigenvalue weighted by Gasteiger charge is 2.24. The lowest BCUT2D eigenvalue weighted by Gasteiger charge is -2.27. The molecule has 0 spiro atoms. The molecule has 0 atom stereocenters. The van der Waals surface area contributed by atoms with Gasteiger partial charge in [-0.05, 0) is 56.7 Å². The summed E-state index contributed by atoms with van der Waals surface area (Å²) in [5.74, 6) is 0.928. The molecular formula is C29H33IN4O3S. The number of ether oxygens (including phenoxy) is 2. The molecule has 200 valence electrons. The summed E-state index contributed by atoms with van der Waals surface area (Å²) in [4.78, 5) is 26.0. The van der Waals surface area contributed by atoms with E-state index >= 15 is 0 Å². The molecule has 4 rings (SSSR count). The minimum Gasteiger partial charge on any atom is -0.443 e. The fourth-order valence-electron chi connectivity index (χ4n) is 3.79. The van der Waals surface area contributed by atoms with Gasteiger partial charge >= 0.3 is 6.09 Å². The Balaban J connectivity index is 1.56. The smallest absolute Gasteiger partial charge is 0.414 e. The van der Waals surface area contributed by atoms with Gasteiger partial charge in [-0.25, -0.2) is 14.8 Å². The quantitative estimate of drug-likeness (QED) is 0.108. The van der Waals surface area contributed by atoms with Crippen LogP contribution >= 0.6 is 33.9 Å². The highest BCUT2D eigenvalue weighted by atomic mass is 127. The third-order valence-corrected chi connectivity index (χ3v) is 7.16. The number of pyridine rings is 1. The van der Waals surface area contributed by atoms with Crippen LogP contribution in [0.1, 0.15) is 20.8 Å². The summed E-state index contributed by atoms with van der Waals surface area (Å²) in [6, 6.07) is 18.4. The van der Waals surface area contributed by atoms with Crippen molar-refractivity contribution >= 4 is 61.7 Å². The Labute approximate surface area is 241 Å². The molecule has 2 aromatic carbocycles. The molecule has 2 heterocycles. The van der Waals surface area contributed by atoms with Gasteiger partial charge in [0, 0.05) is 41.5 Å². The first-order valence-corrected chi connectivity index (χ1v) is 14.8. The fourth-order valence-corrected chi connectivity index (χ4v) is 5.10. The topological polar surface area (TPSA) is 67.8 Å². The first-order valence-electron chi connectivity index (χ1n) is 12.4. The van der Waals surface area contributed by atoms with Crippen LogP contribution in [0, 0.1) is 0 Å². The predicted molar refractivity (Wildman–Crippen MR) is 166 cm³/mol. The number of benzene rings is 2. The van der Waals surface area contributed by atoms with Crippen LogP contribution in [-0.2, 0) is 9.47 Å². The average Bonchev–Trinajstić information content (AvgIpc) is 3.31. The molecule has 1 amide bonds. The second-order valence-electron chi connectivity index (χ2n) is 9.98. The average molecular weight is 645 g/mol. The van der Waals surface area contributed by atoms with Crippen molar-refractivity contribution in [2.24, 2.45) is 0 Å². The molecule has 0 saturated carbocycles. The number of anilines is 2. The van der Waals surface area contributed by atoms with Crippen molar-refractivity contribution in [1.82, 2.24) is 9.97 Å². The number of amides is 1. The van der Waals surface area contributed by atoms with E-state index in [1.807, 2.05) is 70.2 Å². The Hall–Kier alpha value is -2.76. The molecule has 0 fully saturated rings. The zero-order valence-corrected chi connectivity index (χ0v) is 25.4. The minimum absolute atomic E-state index is 0.386. The van der Waals surface area contributed by atoms with Crippen molar-refractivity contribution in [3.05, 3.63) is 60.8 Å². The molecule has 0 aliphatic heterocycles. The number of thiazole rings is 1. The van der Waals surface area contributed by atoms with Crippen LogP contribution in [0.25, 0.3) is 31.9 Å². The van der Waals surface area contributed by atoms with Crippen LogP contribution in [0.2, 0.25) is 0 Å². The van der Waals surface area contributed by atoms with E-state index < -0.39 is 5.60 Å². The summed E-state index contributed by atoms with van der Waals surface area (Å²) in [6.07, 6.45) is 1.51. The van der Waals surface area contributed by atoms with Crippen molar-refractivity contribution in [2.75, 3.05) is 48.1 Å². The number of alkyl halides is 1. The van der Waals surface area contributed by atoms with Gasteiger partial charge in [0.25, 0.3) is 0 Å². The number of hydrogen-bond donors (Lipinski definition) is 0. The largest absolute Gasteiger partial charge is 0.443 e. The molecule has 0 unspecified atom stereocenters. The lowest BCUT2D eigenvalue weighted by Crippen LogP contribution is -2.39. The zero-order valence-electron chi connectivity index (χ0n) is 22.4. The first kappa shape index (κ1) is 28.3. The second kappa shape index (κ2) is 12.4. The van der Waals surface area contributed by atoms with Crippen LogP contribution in [0.15, 0.2) is 60.8 Å². The summed E-state index contributed by atoms with van der Waals surface area (Å²) in [5.41, 5.74) is 4.30.